The molecule has 1 aliphatic rings. The van der Waals surface area contributed by atoms with Gasteiger partial charge < -0.3 is 19.3 Å². The molecule has 13 heteroatoms. The first-order valence-electron chi connectivity index (χ1n) is 14.5. The van der Waals surface area contributed by atoms with E-state index in [1.165, 1.54) is 43.0 Å². The Hall–Kier alpha value is -4.91. The van der Waals surface area contributed by atoms with Crippen LogP contribution in [0.5, 0.6) is 17.2 Å². The maximum atomic E-state index is 14.7. The maximum Gasteiger partial charge on any atom is 0.301 e. The zero-order valence-corrected chi connectivity index (χ0v) is 27.9. The number of nitrogens with zero attached hydrogens (tertiary/aromatic N) is 3. The quantitative estimate of drug-likeness (QED) is 0.0484. The van der Waals surface area contributed by atoms with Crippen LogP contribution in [-0.2, 0) is 21.9 Å². The van der Waals surface area contributed by atoms with Crippen molar-refractivity contribution in [1.29, 1.82) is 0 Å². The smallest absolute Gasteiger partial charge is 0.301 e. The zero-order chi connectivity index (χ0) is 33.8. The molecule has 1 unspecified atom stereocenters. The summed E-state index contributed by atoms with van der Waals surface area (Å²) in [6.45, 7) is 0.275. The van der Waals surface area contributed by atoms with Gasteiger partial charge in [-0.2, -0.15) is 0 Å². The summed E-state index contributed by atoms with van der Waals surface area (Å²) in [5, 5.41) is 20.7. The number of carbonyl (C=O) groups excluding carboxylic acids is 2. The minimum absolute atomic E-state index is 0.0145. The monoisotopic (exact) mass is 703 g/mol. The van der Waals surface area contributed by atoms with Crippen LogP contribution >= 0.6 is 34.7 Å². The molecule has 48 heavy (non-hydrogen) atoms. The van der Waals surface area contributed by atoms with Crippen molar-refractivity contribution in [3.8, 4) is 17.2 Å². The molecule has 244 valence electrons. The summed E-state index contributed by atoms with van der Waals surface area (Å²) in [5.41, 5.74) is 1.98. The molecule has 1 atom stereocenters. The van der Waals surface area contributed by atoms with Crippen LogP contribution in [0.1, 0.15) is 28.3 Å². The first-order valence-corrected chi connectivity index (χ1v) is 16.7. The lowest BCUT2D eigenvalue weighted by Gasteiger charge is -2.23. The number of anilines is 1. The molecule has 0 spiro atoms. The summed E-state index contributed by atoms with van der Waals surface area (Å²) in [7, 11) is 2.78. The van der Waals surface area contributed by atoms with E-state index >= 15 is 0 Å². The molecule has 0 aliphatic carbocycles. The number of thioether (sulfide) groups is 1. The molecule has 1 aromatic heterocycles. The van der Waals surface area contributed by atoms with Crippen LogP contribution in [0.25, 0.3) is 5.76 Å². The van der Waals surface area contributed by atoms with Gasteiger partial charge in [0.1, 0.15) is 12.4 Å². The Labute approximate surface area is 288 Å². The molecule has 6 rings (SSSR count). The lowest BCUT2D eigenvalue weighted by molar-refractivity contribution is -0.132. The minimum Gasteiger partial charge on any atom is -0.507 e. The van der Waals surface area contributed by atoms with E-state index < -0.39 is 29.3 Å². The molecule has 9 nitrogen and oxygen atoms in total. The SMILES string of the molecule is COc1ccc(/C(O)=C2/C(=O)C(=O)N(c3nnc(SCc4ccccc4Cl)s3)C2c2ccc(OCc3ccccc3)c(OC)c2)cc1F. The number of amides is 1. The number of aliphatic hydroxyl groups excluding tert-OH is 1. The fourth-order valence-electron chi connectivity index (χ4n) is 5.14. The van der Waals surface area contributed by atoms with Crippen LogP contribution < -0.4 is 19.1 Å². The molecule has 0 radical (unpaired) electrons. The molecule has 1 N–H and O–H groups in total. The number of carbonyl (C=O) groups is 2. The van der Waals surface area contributed by atoms with E-state index in [9.17, 15) is 19.1 Å². The van der Waals surface area contributed by atoms with Gasteiger partial charge in [-0.3, -0.25) is 14.5 Å². The van der Waals surface area contributed by atoms with Crippen LogP contribution in [0.15, 0.2) is 101 Å². The molecule has 1 fully saturated rings. The van der Waals surface area contributed by atoms with Crippen molar-refractivity contribution >= 4 is 57.3 Å². The number of halogens is 2. The molecule has 1 amide bonds. The number of hydrogen-bond donors (Lipinski definition) is 1. The molecule has 0 bridgehead atoms. The Kier molecular flexibility index (Phi) is 9.95. The Morgan fingerprint density at radius 2 is 1.67 bits per heavy atom. The summed E-state index contributed by atoms with van der Waals surface area (Å²) in [6.07, 6.45) is 0. The Bertz CT molecular complexity index is 2020. The molecule has 1 aliphatic heterocycles. The number of hydrogen-bond acceptors (Lipinski definition) is 10. The van der Waals surface area contributed by atoms with Gasteiger partial charge in [0.2, 0.25) is 5.13 Å². The van der Waals surface area contributed by atoms with E-state index in [4.69, 9.17) is 25.8 Å². The van der Waals surface area contributed by atoms with Crippen LogP contribution in [0.2, 0.25) is 5.02 Å². The average molecular weight is 704 g/mol. The fourth-order valence-corrected chi connectivity index (χ4v) is 7.29. The first kappa shape index (κ1) is 33.0. The van der Waals surface area contributed by atoms with Crippen LogP contribution in [0.3, 0.4) is 0 Å². The van der Waals surface area contributed by atoms with Gasteiger partial charge >= 0.3 is 5.91 Å². The number of Topliss-reactive ketones (excluding diaryl/α,β-unsaturated/α-hetero) is 1. The Morgan fingerprint density at radius 3 is 2.40 bits per heavy atom. The normalized spacial score (nSPS) is 15.5. The van der Waals surface area contributed by atoms with E-state index in [0.29, 0.717) is 32.2 Å². The van der Waals surface area contributed by atoms with Gasteiger partial charge in [-0.25, -0.2) is 4.39 Å². The summed E-state index contributed by atoms with van der Waals surface area (Å²) in [6, 6.07) is 24.6. The second-order valence-electron chi connectivity index (χ2n) is 10.4. The topological polar surface area (TPSA) is 111 Å². The standard InChI is InChI=1S/C35H27ClFN3O6S2/c1-44-26-14-13-22(16-25(26)37)31(41)29-30(21-12-15-27(28(17-21)45-2)46-18-20-8-4-3-5-9-20)40(33(43)32(29)42)34-38-39-35(48-34)47-19-23-10-6-7-11-24(23)36/h3-17,30,41H,18-19H2,1-2H3/b31-29-. The number of aromatic nitrogens is 2. The summed E-state index contributed by atoms with van der Waals surface area (Å²) < 4.78 is 31.9. The number of ether oxygens (including phenoxy) is 3. The van der Waals surface area contributed by atoms with Crippen LogP contribution in [0.4, 0.5) is 9.52 Å². The van der Waals surface area contributed by atoms with Gasteiger partial charge in [0.15, 0.2) is 27.4 Å². The van der Waals surface area contributed by atoms with Gasteiger partial charge in [0.05, 0.1) is 25.8 Å². The highest BCUT2D eigenvalue weighted by Crippen LogP contribution is 2.46. The fraction of sp³-hybridized carbons (Fsp3) is 0.143. The van der Waals surface area contributed by atoms with E-state index in [0.717, 1.165) is 28.5 Å². The number of benzene rings is 4. The highest BCUT2D eigenvalue weighted by atomic mass is 35.5. The van der Waals surface area contributed by atoms with Crippen LogP contribution in [-0.4, -0.2) is 41.2 Å². The van der Waals surface area contributed by atoms with Crippen molar-refractivity contribution in [2.24, 2.45) is 0 Å². The number of ketones is 1. The summed E-state index contributed by atoms with van der Waals surface area (Å²) in [5.74, 6) is -2.01. The minimum atomic E-state index is -1.17. The van der Waals surface area contributed by atoms with Gasteiger partial charge in [-0.05, 0) is 53.1 Å². The lowest BCUT2D eigenvalue weighted by atomic mass is 9.95. The van der Waals surface area contributed by atoms with E-state index in [1.54, 1.807) is 24.3 Å². The molecule has 1 saturated heterocycles. The van der Waals surface area contributed by atoms with Crippen molar-refractivity contribution in [3.63, 3.8) is 0 Å². The van der Waals surface area contributed by atoms with Crippen LogP contribution in [0, 0.1) is 5.82 Å². The number of rotatable bonds is 11. The van der Waals surface area contributed by atoms with E-state index in [1.807, 2.05) is 48.5 Å². The molecular weight excluding hydrogens is 677 g/mol. The zero-order valence-electron chi connectivity index (χ0n) is 25.6. The van der Waals surface area contributed by atoms with Gasteiger partial charge in [0.25, 0.3) is 5.78 Å². The predicted octanol–water partition coefficient (Wildman–Crippen LogP) is 7.85. The third-order valence-electron chi connectivity index (χ3n) is 7.52. The maximum absolute atomic E-state index is 14.7. The molecule has 0 saturated carbocycles. The molecule has 5 aromatic rings. The lowest BCUT2D eigenvalue weighted by Crippen LogP contribution is -2.29. The second-order valence-corrected chi connectivity index (χ2v) is 13.0. The van der Waals surface area contributed by atoms with Gasteiger partial charge in [0, 0.05) is 16.3 Å². The average Bonchev–Trinajstić information content (AvgIpc) is 3.68. The van der Waals surface area contributed by atoms with E-state index in [2.05, 4.69) is 10.2 Å². The molecule has 2 heterocycles. The summed E-state index contributed by atoms with van der Waals surface area (Å²) in [4.78, 5) is 28.6. The molecular formula is C35H27ClFN3O6S2. The van der Waals surface area contributed by atoms with Gasteiger partial charge in [-0.15, -0.1) is 10.2 Å². The predicted molar refractivity (Wildman–Crippen MR) is 182 cm³/mol. The largest absolute Gasteiger partial charge is 0.507 e. The first-order chi connectivity index (χ1) is 23.3. The third-order valence-corrected chi connectivity index (χ3v) is 9.99. The third kappa shape index (κ3) is 6.73. The number of aliphatic hydroxyl groups is 1. The number of methoxy groups -OCH3 is 2. The highest BCUT2D eigenvalue weighted by Gasteiger charge is 2.48. The molecule has 4 aromatic carbocycles. The van der Waals surface area contributed by atoms with Crippen molar-refractivity contribution < 1.29 is 33.3 Å². The van der Waals surface area contributed by atoms with E-state index in [-0.39, 0.29) is 28.6 Å². The Morgan fingerprint density at radius 1 is 0.938 bits per heavy atom. The van der Waals surface area contributed by atoms with Crippen molar-refractivity contribution in [1.82, 2.24) is 10.2 Å². The van der Waals surface area contributed by atoms with Gasteiger partial charge in [-0.1, -0.05) is 89.3 Å². The summed E-state index contributed by atoms with van der Waals surface area (Å²) >= 11 is 8.80. The highest BCUT2D eigenvalue weighted by molar-refractivity contribution is 8.00. The second kappa shape index (κ2) is 14.5. The van der Waals surface area contributed by atoms with Crippen molar-refractivity contribution in [2.75, 3.05) is 19.1 Å². The van der Waals surface area contributed by atoms with Crippen molar-refractivity contribution in [3.05, 3.63) is 130 Å². The Balaban J connectivity index is 1.40. The van der Waals surface area contributed by atoms with Crippen molar-refractivity contribution in [2.45, 2.75) is 22.7 Å².